The van der Waals surface area contributed by atoms with Crippen LogP contribution in [-0.4, -0.2) is 115 Å². The second-order valence-corrected chi connectivity index (χ2v) is 31.1. The summed E-state index contributed by atoms with van der Waals surface area (Å²) in [5.74, 6) is 3.24. The number of carbonyl (C=O) groups excluding carboxylic acids is 4. The highest BCUT2D eigenvalue weighted by atomic mass is 35.5. The summed E-state index contributed by atoms with van der Waals surface area (Å²) in [5.41, 5.74) is 9.68. The highest BCUT2D eigenvalue weighted by Gasteiger charge is 2.51. The minimum absolute atomic E-state index is 0.0207. The van der Waals surface area contributed by atoms with E-state index >= 15 is 0 Å². The number of anilines is 1. The highest BCUT2D eigenvalue weighted by Crippen LogP contribution is 2.44. The van der Waals surface area contributed by atoms with Crippen LogP contribution in [0.2, 0.25) is 10.0 Å². The molecule has 6 N–H and O–H groups in total. The molecule has 9 heterocycles. The first-order chi connectivity index (χ1) is 48.4. The summed E-state index contributed by atoms with van der Waals surface area (Å²) in [6, 6.07) is 29.2. The Balaban J connectivity index is 0.000000185. The number of hydrogen-bond donors (Lipinski definition) is 6. The number of aromatic hydroxyl groups is 1. The Bertz CT molecular complexity index is 5060. The van der Waals surface area contributed by atoms with Crippen molar-refractivity contribution >= 4 is 134 Å². The molecule has 26 heteroatoms. The van der Waals surface area contributed by atoms with Crippen molar-refractivity contribution in [2.24, 2.45) is 9.98 Å². The average Bonchev–Trinajstić information content (AvgIpc) is 1.75. The topological polar surface area (TPSA) is 269 Å². The van der Waals surface area contributed by atoms with Crippen molar-refractivity contribution in [1.82, 2.24) is 45.5 Å². The molecular formula is C75H72Cl2N12O8S4. The number of carbonyl (C=O) groups is 5. The number of nitrogens with zero attached hydrogens (tertiary/aromatic N) is 8. The Morgan fingerprint density at radius 2 is 1.32 bits per heavy atom. The van der Waals surface area contributed by atoms with Crippen LogP contribution < -0.4 is 36.4 Å². The molecule has 5 aliphatic heterocycles. The zero-order valence-electron chi connectivity index (χ0n) is 56.4. The SMILES string of the molecule is C=c1ccc2c(c1)Oc1cc(O)ccc1C=2c1ccc(NC(=S)CCC(=O)C[C@@H]2N=C(c3ccc(Cl)cc3)c3c(sc(C)c3C)-n3c(C)nnc32)cc1C(=O)O.Cc1sc2c(c1C)C(c1ccc(Cl)cc1)=NC(CC(=O)NCCC(=O)CCCC[C@@H]1SC[C@@]3(C)NC(=O)N[C@@H]13)c1nnc(C)n1-2. The quantitative estimate of drug-likeness (QED) is 0.0235. The summed E-state index contributed by atoms with van der Waals surface area (Å²) in [4.78, 5) is 77.1. The molecule has 9 aromatic rings. The predicted octanol–water partition coefficient (Wildman–Crippen LogP) is 13.5. The molecule has 2 fully saturated rings. The normalized spacial score (nSPS) is 18.2. The van der Waals surface area contributed by atoms with Crippen LogP contribution in [0.4, 0.5) is 10.5 Å². The lowest BCUT2D eigenvalue weighted by Crippen LogP contribution is -2.47. The predicted molar refractivity (Wildman–Crippen MR) is 402 cm³/mol. The zero-order valence-corrected chi connectivity index (χ0v) is 61.2. The fourth-order valence-corrected chi connectivity index (χ4v) is 18.2. The first-order valence-electron chi connectivity index (χ1n) is 33.2. The van der Waals surface area contributed by atoms with Crippen LogP contribution in [0.1, 0.15) is 165 Å². The molecule has 5 aromatic carbocycles. The van der Waals surface area contributed by atoms with E-state index in [9.17, 15) is 34.2 Å². The fourth-order valence-electron chi connectivity index (χ4n) is 13.6. The Morgan fingerprint density at radius 3 is 1.93 bits per heavy atom. The van der Waals surface area contributed by atoms with Gasteiger partial charge in [0.25, 0.3) is 0 Å². The van der Waals surface area contributed by atoms with Gasteiger partial charge in [-0.05, 0) is 138 Å². The summed E-state index contributed by atoms with van der Waals surface area (Å²) in [6.07, 6.45) is 4.02. The summed E-state index contributed by atoms with van der Waals surface area (Å²) < 4.78 is 10.1. The van der Waals surface area contributed by atoms with Crippen molar-refractivity contribution in [3.05, 3.63) is 207 Å². The van der Waals surface area contributed by atoms with Crippen LogP contribution in [0.5, 0.6) is 17.2 Å². The van der Waals surface area contributed by atoms with E-state index in [4.69, 9.17) is 50.1 Å². The van der Waals surface area contributed by atoms with Crippen molar-refractivity contribution in [1.29, 1.82) is 0 Å². The van der Waals surface area contributed by atoms with E-state index in [-0.39, 0.29) is 78.6 Å². The smallest absolute Gasteiger partial charge is 0.336 e. The van der Waals surface area contributed by atoms with E-state index in [0.29, 0.717) is 89.7 Å². The second-order valence-electron chi connectivity index (χ2n) is 26.1. The van der Waals surface area contributed by atoms with Gasteiger partial charge >= 0.3 is 12.0 Å². The van der Waals surface area contributed by atoms with Crippen LogP contribution >= 0.6 is 69.9 Å². The molecule has 518 valence electrons. The number of halogens is 2. The molecule has 0 spiro atoms. The first-order valence-corrected chi connectivity index (χ1v) is 37.0. The van der Waals surface area contributed by atoms with Gasteiger partial charge in [0.2, 0.25) is 5.91 Å². The molecule has 101 heavy (non-hydrogen) atoms. The van der Waals surface area contributed by atoms with Crippen molar-refractivity contribution in [3.63, 3.8) is 0 Å². The lowest BCUT2D eigenvalue weighted by atomic mass is 9.89. The monoisotopic (exact) mass is 1470 g/mol. The number of unbranched alkanes of at least 4 members (excludes halogenated alkanes) is 1. The third kappa shape index (κ3) is 14.4. The van der Waals surface area contributed by atoms with Gasteiger partial charge in [-0.2, -0.15) is 11.8 Å². The number of Topliss-reactive ketones (excluding diaryl/α,β-unsaturated/α-hetero) is 2. The first kappa shape index (κ1) is 70.3. The number of aliphatic imine (C=N–C) groups is 2. The summed E-state index contributed by atoms with van der Waals surface area (Å²) >= 11 is 23.3. The minimum atomic E-state index is -1.14. The maximum absolute atomic E-state index is 13.7. The molecule has 0 bridgehead atoms. The number of benzene rings is 5. The molecule has 2 saturated heterocycles. The van der Waals surface area contributed by atoms with E-state index in [1.54, 1.807) is 46.9 Å². The zero-order chi connectivity index (χ0) is 71.3. The lowest BCUT2D eigenvalue weighted by molar-refractivity contribution is -0.122. The number of thiophene rings is 2. The van der Waals surface area contributed by atoms with Crippen molar-refractivity contribution < 1.29 is 38.9 Å². The number of carboxylic acid groups (broad SMARTS) is 1. The number of phenolic OH excluding ortho intramolecular Hbond substituents is 1. The summed E-state index contributed by atoms with van der Waals surface area (Å²) in [5, 5.41) is 55.5. The average molecular weight is 1470 g/mol. The van der Waals surface area contributed by atoms with Crippen molar-refractivity contribution in [3.8, 4) is 27.3 Å². The molecule has 0 radical (unpaired) electrons. The second kappa shape index (κ2) is 29.1. The van der Waals surface area contributed by atoms with Crippen LogP contribution in [0.25, 0.3) is 22.2 Å². The number of carboxylic acids is 1. The van der Waals surface area contributed by atoms with Crippen LogP contribution in [-0.2, 0) is 14.4 Å². The van der Waals surface area contributed by atoms with Gasteiger partial charge in [-0.1, -0.05) is 90.9 Å². The molecule has 0 aliphatic carbocycles. The standard InChI is InChI=1S/C43H34ClN5O5S2.C32H38ClN7O3S2/c1-21-5-13-31-35(17-21)54-36-20-29(51)11-15-32(36)39(31)30-14-10-27(18-33(30)43(52)53)45-37(55)16-12-28(50)19-34-41-48-47-24(4)49(41)42-38(22(2)23(3)56-42)40(46-34)25-6-8-26(44)9-7-25;1-17-18(2)45-30-26(17)27(20-9-11-21(33)12-10-20)35-23(29-39-38-19(3)40(29)30)15-25(42)34-14-13-22(41)7-5-6-8-24-28-32(4,16-44-24)37-31(43)36-28/h5-11,13-15,17-18,20,34,51H,1,12,16,19H2,2-4H3,(H,45,55)(H,52,53);9-12,23-24,28H,5-8,13-16H2,1-4H3,(H,34,42)(H2,36,37,43)/t34-;23?,24-,28-,32+/m00/s1. The van der Waals surface area contributed by atoms with E-state index in [2.05, 4.69) is 82.9 Å². The number of rotatable bonds is 20. The maximum Gasteiger partial charge on any atom is 0.336 e. The molecule has 4 aromatic heterocycles. The van der Waals surface area contributed by atoms with Gasteiger partial charge in [-0.25, -0.2) is 9.59 Å². The third-order valence-electron chi connectivity index (χ3n) is 19.0. The van der Waals surface area contributed by atoms with Crippen LogP contribution in [0.3, 0.4) is 0 Å². The number of urea groups is 1. The fraction of sp³-hybridized carbons (Fsp3) is 0.307. The molecule has 0 saturated carbocycles. The molecule has 5 atom stereocenters. The number of fused-ring (bicyclic) bond motifs is 9. The molecule has 20 nitrogen and oxygen atoms in total. The van der Waals surface area contributed by atoms with E-state index < -0.39 is 18.1 Å². The lowest BCUT2D eigenvalue weighted by Gasteiger charge is -2.23. The number of thiocarbonyl (C=S) groups is 1. The van der Waals surface area contributed by atoms with Gasteiger partial charge in [0.15, 0.2) is 11.6 Å². The van der Waals surface area contributed by atoms with Gasteiger partial charge in [0.05, 0.1) is 40.0 Å². The van der Waals surface area contributed by atoms with E-state index in [1.807, 2.05) is 95.4 Å². The minimum Gasteiger partial charge on any atom is -0.508 e. The number of ketones is 2. The number of phenols is 1. The van der Waals surface area contributed by atoms with E-state index in [0.717, 1.165) is 95.7 Å². The number of aryl methyl sites for hydroxylation is 4. The molecule has 5 aliphatic rings. The number of aromatic nitrogens is 6. The van der Waals surface area contributed by atoms with Gasteiger partial charge < -0.3 is 36.2 Å². The number of nitrogens with one attached hydrogen (secondary N) is 4. The van der Waals surface area contributed by atoms with Crippen LogP contribution in [0.15, 0.2) is 113 Å². The maximum atomic E-state index is 13.7. The van der Waals surface area contributed by atoms with Gasteiger partial charge in [-0.3, -0.25) is 33.5 Å². The molecular weight excluding hydrogens is 1400 g/mol. The number of amides is 3. The highest BCUT2D eigenvalue weighted by molar-refractivity contribution is 8.00. The van der Waals surface area contributed by atoms with Crippen LogP contribution in [0, 0.1) is 41.5 Å². The number of thioether (sulfide) groups is 1. The molecule has 3 amide bonds. The Kier molecular flexibility index (Phi) is 20.2. The Hall–Kier alpha value is -9.17. The Morgan fingerprint density at radius 1 is 0.713 bits per heavy atom. The van der Waals surface area contributed by atoms with Crippen molar-refractivity contribution in [2.45, 2.75) is 135 Å². The van der Waals surface area contributed by atoms with Crippen molar-refractivity contribution in [2.75, 3.05) is 17.6 Å². The largest absolute Gasteiger partial charge is 0.508 e. The number of aromatic carboxylic acids is 1. The Labute approximate surface area is 610 Å². The van der Waals surface area contributed by atoms with Gasteiger partial charge in [-0.15, -0.1) is 43.1 Å². The number of hydrogen-bond acceptors (Lipinski definition) is 17. The third-order valence-corrected chi connectivity index (χ3v) is 23.9. The summed E-state index contributed by atoms with van der Waals surface area (Å²) in [6.45, 7) is 18.5. The van der Waals surface area contributed by atoms with E-state index in [1.165, 1.54) is 23.1 Å². The summed E-state index contributed by atoms with van der Waals surface area (Å²) in [7, 11) is 0. The molecule has 14 rings (SSSR count). The number of ether oxygens (including phenoxy) is 1. The van der Waals surface area contributed by atoms with Gasteiger partial charge in [0.1, 0.15) is 62.5 Å². The van der Waals surface area contributed by atoms with Gasteiger partial charge in [0, 0.05) is 120 Å². The molecule has 1 unspecified atom stereocenters.